The summed E-state index contributed by atoms with van der Waals surface area (Å²) in [6.07, 6.45) is 3.60. The lowest BCUT2D eigenvalue weighted by atomic mass is 10.0. The predicted molar refractivity (Wildman–Crippen MR) is 51.7 cm³/mol. The molecule has 5 nitrogen and oxygen atoms in total. The molecule has 0 amide bonds. The Hall–Kier alpha value is -0.940. The number of rotatable bonds is 3. The Kier molecular flexibility index (Phi) is 3.10. The Morgan fingerprint density at radius 1 is 1.57 bits per heavy atom. The molecule has 2 N–H and O–H groups in total. The van der Waals surface area contributed by atoms with Crippen molar-refractivity contribution < 1.29 is 4.52 Å². The molecule has 0 aromatic carbocycles. The maximum atomic E-state index is 5.09. The first-order valence-corrected chi connectivity index (χ1v) is 5.10. The van der Waals surface area contributed by atoms with Crippen molar-refractivity contribution in [1.29, 1.82) is 0 Å². The van der Waals surface area contributed by atoms with E-state index < -0.39 is 0 Å². The maximum absolute atomic E-state index is 5.09. The molecular formula is C9H16N4O. The summed E-state index contributed by atoms with van der Waals surface area (Å²) in [4.78, 5) is 4.32. The van der Waals surface area contributed by atoms with Gasteiger partial charge in [-0.25, -0.2) is 0 Å². The molecule has 14 heavy (non-hydrogen) atoms. The van der Waals surface area contributed by atoms with Crippen LogP contribution in [0.2, 0.25) is 0 Å². The average Bonchev–Trinajstić information content (AvgIpc) is 2.68. The second-order valence-electron chi connectivity index (χ2n) is 3.58. The molecule has 0 spiro atoms. The van der Waals surface area contributed by atoms with E-state index in [1.54, 1.807) is 0 Å². The van der Waals surface area contributed by atoms with Gasteiger partial charge in [-0.2, -0.15) is 4.98 Å². The van der Waals surface area contributed by atoms with Crippen LogP contribution in [0, 0.1) is 0 Å². The maximum Gasteiger partial charge on any atom is 0.240 e. The fourth-order valence-corrected chi connectivity index (χ4v) is 1.70. The van der Waals surface area contributed by atoms with Crippen molar-refractivity contribution in [2.24, 2.45) is 0 Å². The topological polar surface area (TPSA) is 63.0 Å². The molecule has 0 aliphatic carbocycles. The molecule has 1 aliphatic heterocycles. The van der Waals surface area contributed by atoms with Gasteiger partial charge < -0.3 is 15.2 Å². The fraction of sp³-hybridized carbons (Fsp3) is 0.778. The first kappa shape index (κ1) is 9.61. The van der Waals surface area contributed by atoms with E-state index in [1.807, 2.05) is 7.05 Å². The van der Waals surface area contributed by atoms with Gasteiger partial charge in [-0.1, -0.05) is 11.6 Å². The molecule has 1 atom stereocenters. The molecular weight excluding hydrogens is 180 g/mol. The van der Waals surface area contributed by atoms with Crippen LogP contribution < -0.4 is 10.6 Å². The lowest BCUT2D eigenvalue weighted by Gasteiger charge is -2.19. The highest BCUT2D eigenvalue weighted by molar-refractivity contribution is 4.95. The molecule has 2 heterocycles. The van der Waals surface area contributed by atoms with E-state index in [0.29, 0.717) is 12.4 Å². The summed E-state index contributed by atoms with van der Waals surface area (Å²) in [6.45, 7) is 1.69. The highest BCUT2D eigenvalue weighted by Gasteiger charge is 2.19. The second kappa shape index (κ2) is 4.52. The van der Waals surface area contributed by atoms with E-state index >= 15 is 0 Å². The highest BCUT2D eigenvalue weighted by atomic mass is 16.5. The smallest absolute Gasteiger partial charge is 0.240 e. The third-order valence-corrected chi connectivity index (χ3v) is 2.43. The molecule has 1 aliphatic rings. The highest BCUT2D eigenvalue weighted by Crippen LogP contribution is 2.19. The van der Waals surface area contributed by atoms with Crippen LogP contribution in [0.15, 0.2) is 4.52 Å². The van der Waals surface area contributed by atoms with Gasteiger partial charge in [0.1, 0.15) is 0 Å². The van der Waals surface area contributed by atoms with Crippen molar-refractivity contribution in [3.8, 4) is 0 Å². The minimum absolute atomic E-state index is 0.290. The Bertz CT molecular complexity index is 280. The van der Waals surface area contributed by atoms with Crippen LogP contribution in [-0.4, -0.2) is 23.7 Å². The van der Waals surface area contributed by atoms with Crippen LogP contribution >= 0.6 is 0 Å². The summed E-state index contributed by atoms with van der Waals surface area (Å²) in [6, 6.07) is 0.290. The van der Waals surface area contributed by atoms with E-state index in [-0.39, 0.29) is 6.04 Å². The van der Waals surface area contributed by atoms with E-state index in [2.05, 4.69) is 20.8 Å². The summed E-state index contributed by atoms with van der Waals surface area (Å²) in [5.74, 6) is 1.46. The Morgan fingerprint density at radius 3 is 3.21 bits per heavy atom. The molecule has 1 fully saturated rings. The van der Waals surface area contributed by atoms with E-state index in [9.17, 15) is 0 Å². The monoisotopic (exact) mass is 196 g/mol. The average molecular weight is 196 g/mol. The quantitative estimate of drug-likeness (QED) is 0.741. The number of nitrogens with zero attached hydrogens (tertiary/aromatic N) is 2. The molecule has 1 aromatic heterocycles. The van der Waals surface area contributed by atoms with Crippen molar-refractivity contribution in [3.63, 3.8) is 0 Å². The number of hydrogen-bond acceptors (Lipinski definition) is 5. The van der Waals surface area contributed by atoms with Gasteiger partial charge in [0, 0.05) is 0 Å². The number of piperidine rings is 1. The largest absolute Gasteiger partial charge is 0.338 e. The van der Waals surface area contributed by atoms with Gasteiger partial charge in [-0.15, -0.1) is 0 Å². The molecule has 1 aromatic rings. The minimum Gasteiger partial charge on any atom is -0.338 e. The van der Waals surface area contributed by atoms with Crippen LogP contribution in [0.3, 0.4) is 0 Å². The second-order valence-corrected chi connectivity index (χ2v) is 3.58. The zero-order chi connectivity index (χ0) is 9.80. The van der Waals surface area contributed by atoms with Gasteiger partial charge in [0.15, 0.2) is 5.82 Å². The lowest BCUT2D eigenvalue weighted by molar-refractivity contribution is 0.345. The van der Waals surface area contributed by atoms with E-state index in [4.69, 9.17) is 4.52 Å². The van der Waals surface area contributed by atoms with Crippen molar-refractivity contribution in [2.75, 3.05) is 13.6 Å². The van der Waals surface area contributed by atoms with Crippen LogP contribution in [0.4, 0.5) is 0 Å². The molecule has 0 radical (unpaired) electrons. The lowest BCUT2D eigenvalue weighted by Crippen LogP contribution is -2.27. The molecule has 2 rings (SSSR count). The molecule has 0 bridgehead atoms. The first-order chi connectivity index (χ1) is 6.90. The molecule has 0 saturated carbocycles. The molecule has 78 valence electrons. The van der Waals surface area contributed by atoms with Crippen LogP contribution in [0.25, 0.3) is 0 Å². The Balaban J connectivity index is 2.00. The molecule has 5 heteroatoms. The summed E-state index contributed by atoms with van der Waals surface area (Å²) in [5.41, 5.74) is 0. The van der Waals surface area contributed by atoms with Crippen molar-refractivity contribution in [1.82, 2.24) is 20.8 Å². The van der Waals surface area contributed by atoms with E-state index in [1.165, 1.54) is 12.8 Å². The van der Waals surface area contributed by atoms with Gasteiger partial charge in [0.25, 0.3) is 0 Å². The normalized spacial score (nSPS) is 22.5. The number of aromatic nitrogens is 2. The van der Waals surface area contributed by atoms with Gasteiger partial charge >= 0.3 is 0 Å². The number of nitrogens with one attached hydrogen (secondary N) is 2. The van der Waals surface area contributed by atoms with E-state index in [0.717, 1.165) is 18.8 Å². The third kappa shape index (κ3) is 2.10. The fourth-order valence-electron chi connectivity index (χ4n) is 1.70. The summed E-state index contributed by atoms with van der Waals surface area (Å²) < 4.78 is 5.09. The van der Waals surface area contributed by atoms with Crippen molar-refractivity contribution in [2.45, 2.75) is 31.8 Å². The van der Waals surface area contributed by atoms with Crippen molar-refractivity contribution in [3.05, 3.63) is 11.7 Å². The van der Waals surface area contributed by atoms with Gasteiger partial charge in [0.05, 0.1) is 12.6 Å². The minimum atomic E-state index is 0.290. The predicted octanol–water partition coefficient (Wildman–Crippen LogP) is 0.604. The zero-order valence-corrected chi connectivity index (χ0v) is 8.42. The Morgan fingerprint density at radius 2 is 2.50 bits per heavy atom. The molecule has 1 unspecified atom stereocenters. The molecule has 1 saturated heterocycles. The van der Waals surface area contributed by atoms with Gasteiger partial charge in [0.2, 0.25) is 5.89 Å². The Labute approximate surface area is 83.3 Å². The zero-order valence-electron chi connectivity index (χ0n) is 8.42. The third-order valence-electron chi connectivity index (χ3n) is 2.43. The SMILES string of the molecule is CNCc1nc(C2CCCCN2)no1. The van der Waals surface area contributed by atoms with Gasteiger partial charge in [-0.3, -0.25) is 0 Å². The van der Waals surface area contributed by atoms with Gasteiger partial charge in [-0.05, 0) is 26.4 Å². The summed E-state index contributed by atoms with van der Waals surface area (Å²) in [7, 11) is 1.86. The first-order valence-electron chi connectivity index (χ1n) is 5.10. The van der Waals surface area contributed by atoms with Crippen LogP contribution in [0.5, 0.6) is 0 Å². The summed E-state index contributed by atoms with van der Waals surface area (Å²) >= 11 is 0. The van der Waals surface area contributed by atoms with Crippen LogP contribution in [-0.2, 0) is 6.54 Å². The summed E-state index contributed by atoms with van der Waals surface area (Å²) in [5, 5.41) is 10.3. The standard InChI is InChI=1S/C9H16N4O/c1-10-6-8-12-9(13-14-8)7-4-2-3-5-11-7/h7,10-11H,2-6H2,1H3. The number of hydrogen-bond donors (Lipinski definition) is 2. The van der Waals surface area contributed by atoms with Crippen molar-refractivity contribution >= 4 is 0 Å². The van der Waals surface area contributed by atoms with Crippen LogP contribution in [0.1, 0.15) is 37.0 Å².